The van der Waals surface area contributed by atoms with Crippen LogP contribution < -0.4 is 5.32 Å². The van der Waals surface area contributed by atoms with Crippen molar-refractivity contribution in [3.05, 3.63) is 63.9 Å². The Kier molecular flexibility index (Phi) is 5.11. The molecular formula is C19H20N2O2S. The molecule has 0 aliphatic carbocycles. The summed E-state index contributed by atoms with van der Waals surface area (Å²) in [7, 11) is 0. The summed E-state index contributed by atoms with van der Waals surface area (Å²) in [6, 6.07) is 13.5. The lowest BCUT2D eigenvalue weighted by Gasteiger charge is -2.16. The molecule has 1 aliphatic heterocycles. The molecule has 24 heavy (non-hydrogen) atoms. The van der Waals surface area contributed by atoms with Crippen molar-refractivity contribution >= 4 is 29.2 Å². The van der Waals surface area contributed by atoms with Crippen molar-refractivity contribution in [1.29, 1.82) is 0 Å². The Morgan fingerprint density at radius 3 is 2.79 bits per heavy atom. The van der Waals surface area contributed by atoms with Gasteiger partial charge in [-0.2, -0.15) is 0 Å². The predicted molar refractivity (Wildman–Crippen MR) is 96.5 cm³/mol. The fraction of sp³-hybridized carbons (Fsp3) is 0.263. The number of nitrogens with zero attached hydrogens (tertiary/aromatic N) is 1. The third-order valence-corrected chi connectivity index (χ3v) is 4.96. The molecule has 0 saturated carbocycles. The highest BCUT2D eigenvalue weighted by molar-refractivity contribution is 7.12. The van der Waals surface area contributed by atoms with E-state index in [1.54, 1.807) is 22.3 Å². The molecule has 0 unspecified atom stereocenters. The second kappa shape index (κ2) is 7.45. The van der Waals surface area contributed by atoms with E-state index >= 15 is 0 Å². The van der Waals surface area contributed by atoms with Crippen LogP contribution in [0.2, 0.25) is 0 Å². The van der Waals surface area contributed by atoms with E-state index in [-0.39, 0.29) is 11.8 Å². The third kappa shape index (κ3) is 4.11. The first-order chi connectivity index (χ1) is 11.6. The molecule has 1 aliphatic rings. The molecule has 124 valence electrons. The van der Waals surface area contributed by atoms with Crippen molar-refractivity contribution < 1.29 is 9.59 Å². The highest BCUT2D eigenvalue weighted by Gasteiger charge is 2.32. The number of likely N-dealkylation sites (tertiary alicyclic amines) is 1. The lowest BCUT2D eigenvalue weighted by atomic mass is 10.2. The number of carbonyl (C=O) groups is 2. The first kappa shape index (κ1) is 16.5. The Hall–Kier alpha value is -2.40. The fourth-order valence-corrected chi connectivity index (χ4v) is 3.53. The first-order valence-electron chi connectivity index (χ1n) is 7.99. The number of hydrogen-bond donors (Lipinski definition) is 1. The second-order valence-electron chi connectivity index (χ2n) is 5.88. The molecular weight excluding hydrogens is 320 g/mol. The molecule has 1 aromatic carbocycles. The van der Waals surface area contributed by atoms with Crippen molar-refractivity contribution in [2.24, 2.45) is 0 Å². The maximum Gasteiger partial charge on any atom is 0.245 e. The maximum atomic E-state index is 12.4. The fourth-order valence-electron chi connectivity index (χ4n) is 2.75. The van der Waals surface area contributed by atoms with Crippen molar-refractivity contribution in [3.8, 4) is 0 Å². The van der Waals surface area contributed by atoms with Gasteiger partial charge in [-0.25, -0.2) is 0 Å². The molecule has 3 rings (SSSR count). The zero-order valence-electron chi connectivity index (χ0n) is 13.6. The van der Waals surface area contributed by atoms with Crippen molar-refractivity contribution in [2.45, 2.75) is 25.9 Å². The molecule has 0 radical (unpaired) electrons. The van der Waals surface area contributed by atoms with Gasteiger partial charge in [0.05, 0.1) is 0 Å². The van der Waals surface area contributed by atoms with Gasteiger partial charge in [0.2, 0.25) is 11.8 Å². The SMILES string of the molecule is Cc1ccc(/C=C/C(=O)N[C@@H]2CCN(Cc3ccccc3)C2=O)s1. The molecule has 0 bridgehead atoms. The monoisotopic (exact) mass is 340 g/mol. The molecule has 2 amide bonds. The van der Waals surface area contributed by atoms with E-state index in [0.29, 0.717) is 19.5 Å². The van der Waals surface area contributed by atoms with Gasteiger partial charge in [-0.15, -0.1) is 11.3 Å². The standard InChI is InChI=1S/C19H20N2O2S/c1-14-7-8-16(24-14)9-10-18(22)20-17-11-12-21(19(17)23)13-15-5-3-2-4-6-15/h2-10,17H,11-13H2,1H3,(H,20,22)/b10-9+/t17-/m1/s1. The largest absolute Gasteiger partial charge is 0.341 e. The molecule has 1 atom stereocenters. The minimum absolute atomic E-state index is 0.00688. The van der Waals surface area contributed by atoms with Crippen LogP contribution in [0.3, 0.4) is 0 Å². The number of rotatable bonds is 5. The Morgan fingerprint density at radius 2 is 2.08 bits per heavy atom. The Bertz CT molecular complexity index is 752. The first-order valence-corrected chi connectivity index (χ1v) is 8.81. The van der Waals surface area contributed by atoms with Gasteiger partial charge in [0, 0.05) is 28.9 Å². The van der Waals surface area contributed by atoms with Crippen molar-refractivity contribution in [3.63, 3.8) is 0 Å². The minimum atomic E-state index is -0.420. The average Bonchev–Trinajstić information content (AvgIpc) is 3.14. The van der Waals surface area contributed by atoms with Gasteiger partial charge >= 0.3 is 0 Å². The number of hydrogen-bond acceptors (Lipinski definition) is 3. The summed E-state index contributed by atoms with van der Waals surface area (Å²) in [5.41, 5.74) is 1.10. The van der Waals surface area contributed by atoms with Crippen molar-refractivity contribution in [2.75, 3.05) is 6.54 Å². The number of aryl methyl sites for hydroxylation is 1. The van der Waals surface area contributed by atoms with E-state index in [2.05, 4.69) is 5.32 Å². The van der Waals surface area contributed by atoms with Gasteiger partial charge in [0.1, 0.15) is 6.04 Å². The average molecular weight is 340 g/mol. The summed E-state index contributed by atoms with van der Waals surface area (Å²) in [6.07, 6.45) is 3.94. The normalized spacial score (nSPS) is 17.6. The van der Waals surface area contributed by atoms with Gasteiger partial charge in [0.25, 0.3) is 0 Å². The maximum absolute atomic E-state index is 12.4. The quantitative estimate of drug-likeness (QED) is 0.851. The molecule has 1 N–H and O–H groups in total. The molecule has 2 aromatic rings. The van der Waals surface area contributed by atoms with Crippen LogP contribution >= 0.6 is 11.3 Å². The van der Waals surface area contributed by atoms with Gasteiger partial charge in [0.15, 0.2) is 0 Å². The van der Waals surface area contributed by atoms with E-state index in [1.165, 1.54) is 11.0 Å². The van der Waals surface area contributed by atoms with Crippen molar-refractivity contribution in [1.82, 2.24) is 10.2 Å². The molecule has 1 saturated heterocycles. The van der Waals surface area contributed by atoms with Crippen LogP contribution in [-0.4, -0.2) is 29.3 Å². The van der Waals surface area contributed by atoms with E-state index in [9.17, 15) is 9.59 Å². The topological polar surface area (TPSA) is 49.4 Å². The van der Waals surface area contributed by atoms with Gasteiger partial charge < -0.3 is 10.2 Å². The number of thiophene rings is 1. The smallest absolute Gasteiger partial charge is 0.245 e. The number of amides is 2. The predicted octanol–water partition coefficient (Wildman–Crippen LogP) is 2.99. The Morgan fingerprint density at radius 1 is 1.29 bits per heavy atom. The third-order valence-electron chi connectivity index (χ3n) is 3.99. The summed E-state index contributed by atoms with van der Waals surface area (Å²) in [6.45, 7) is 3.30. The summed E-state index contributed by atoms with van der Waals surface area (Å²) < 4.78 is 0. The van der Waals surface area contributed by atoms with E-state index in [1.807, 2.05) is 49.4 Å². The molecule has 1 fully saturated rings. The lowest BCUT2D eigenvalue weighted by molar-refractivity contribution is -0.132. The van der Waals surface area contributed by atoms with Crippen LogP contribution in [0.1, 0.15) is 21.7 Å². The van der Waals surface area contributed by atoms with Crippen LogP contribution in [0, 0.1) is 6.92 Å². The highest BCUT2D eigenvalue weighted by atomic mass is 32.1. The molecule has 0 spiro atoms. The summed E-state index contributed by atoms with van der Waals surface area (Å²) in [4.78, 5) is 28.5. The molecule has 4 nitrogen and oxygen atoms in total. The summed E-state index contributed by atoms with van der Waals surface area (Å²) >= 11 is 1.63. The van der Waals surface area contributed by atoms with Gasteiger partial charge in [-0.05, 0) is 37.1 Å². The minimum Gasteiger partial charge on any atom is -0.341 e. The van der Waals surface area contributed by atoms with E-state index in [0.717, 1.165) is 10.4 Å². The van der Waals surface area contributed by atoms with Crippen LogP contribution in [0.4, 0.5) is 0 Å². The van der Waals surface area contributed by atoms with Crippen LogP contribution in [0.5, 0.6) is 0 Å². The number of nitrogens with one attached hydrogen (secondary N) is 1. The van der Waals surface area contributed by atoms with Crippen LogP contribution in [0.15, 0.2) is 48.5 Å². The highest BCUT2D eigenvalue weighted by Crippen LogP contribution is 2.17. The van der Waals surface area contributed by atoms with Crippen LogP contribution in [0.25, 0.3) is 6.08 Å². The summed E-state index contributed by atoms with van der Waals surface area (Å²) in [5.74, 6) is -0.228. The zero-order valence-corrected chi connectivity index (χ0v) is 14.4. The molecule has 1 aromatic heterocycles. The van der Waals surface area contributed by atoms with E-state index in [4.69, 9.17) is 0 Å². The van der Waals surface area contributed by atoms with Crippen LogP contribution in [-0.2, 0) is 16.1 Å². The zero-order chi connectivity index (χ0) is 16.9. The number of benzene rings is 1. The number of carbonyl (C=O) groups excluding carboxylic acids is 2. The van der Waals surface area contributed by atoms with E-state index < -0.39 is 6.04 Å². The second-order valence-corrected chi connectivity index (χ2v) is 7.20. The summed E-state index contributed by atoms with van der Waals surface area (Å²) in [5, 5.41) is 2.81. The van der Waals surface area contributed by atoms with Gasteiger partial charge in [-0.1, -0.05) is 30.3 Å². The Balaban J connectivity index is 1.53. The van der Waals surface area contributed by atoms with Gasteiger partial charge in [-0.3, -0.25) is 9.59 Å². The molecule has 2 heterocycles. The lowest BCUT2D eigenvalue weighted by Crippen LogP contribution is -2.40. The Labute approximate surface area is 145 Å². The molecule has 5 heteroatoms.